The number of alkyl halides is 3. The first-order valence-corrected chi connectivity index (χ1v) is 8.68. The molecule has 6 saturated carbocycles. The van der Waals surface area contributed by atoms with Gasteiger partial charge in [-0.25, -0.2) is 4.98 Å². The molecule has 0 amide bonds. The van der Waals surface area contributed by atoms with Gasteiger partial charge in [0.15, 0.2) is 5.69 Å². The Bertz CT molecular complexity index is 683. The van der Waals surface area contributed by atoms with Gasteiger partial charge in [0, 0.05) is 17.7 Å². The van der Waals surface area contributed by atoms with Crippen LogP contribution >= 0.6 is 0 Å². The van der Waals surface area contributed by atoms with Crippen LogP contribution < -0.4 is 5.32 Å². The van der Waals surface area contributed by atoms with Gasteiger partial charge < -0.3 is 9.88 Å². The first-order valence-electron chi connectivity index (χ1n) is 8.68. The molecule has 6 aliphatic rings. The van der Waals surface area contributed by atoms with Gasteiger partial charge in [-0.05, 0) is 62.3 Å². The van der Waals surface area contributed by atoms with E-state index in [1.165, 1.54) is 6.20 Å². The average Bonchev–Trinajstić information content (AvgIpc) is 2.94. The first-order chi connectivity index (χ1) is 10.8. The van der Waals surface area contributed by atoms with Gasteiger partial charge >= 0.3 is 6.18 Å². The average molecular weight is 323 g/mol. The summed E-state index contributed by atoms with van der Waals surface area (Å²) in [5.41, 5.74) is -0.511. The third-order valence-corrected chi connectivity index (χ3v) is 8.21. The number of nitrogens with zero attached hydrogens (tertiary/aromatic N) is 2. The molecule has 1 heterocycles. The minimum Gasteiger partial charge on any atom is -0.330 e. The number of nitrogens with one attached hydrogen (secondary N) is 1. The lowest BCUT2D eigenvalue weighted by atomic mass is 8.96. The summed E-state index contributed by atoms with van der Waals surface area (Å²) in [4.78, 5) is 4.07. The zero-order valence-electron chi connectivity index (χ0n) is 13.3. The van der Waals surface area contributed by atoms with E-state index in [1.54, 1.807) is 4.57 Å². The van der Waals surface area contributed by atoms with Crippen molar-refractivity contribution in [3.63, 3.8) is 0 Å². The molecule has 124 valence electrons. The molecule has 0 aliphatic heterocycles. The lowest BCUT2D eigenvalue weighted by Crippen LogP contribution is -3.06. The van der Waals surface area contributed by atoms with Crippen LogP contribution in [-0.4, -0.2) is 16.6 Å². The van der Waals surface area contributed by atoms with Crippen LogP contribution in [-0.2, 0) is 6.18 Å². The summed E-state index contributed by atoms with van der Waals surface area (Å²) in [5.74, 6) is 6.67. The zero-order valence-corrected chi connectivity index (χ0v) is 13.3. The van der Waals surface area contributed by atoms with Crippen molar-refractivity contribution >= 4 is 0 Å². The van der Waals surface area contributed by atoms with Crippen LogP contribution in [0.5, 0.6) is 0 Å². The SMILES string of the molecule is CNC(c1nc(C(F)(F)F)cn1C(C)C)C12C3C4C5C3C1C5C42. The van der Waals surface area contributed by atoms with Crippen molar-refractivity contribution in [2.75, 3.05) is 7.05 Å². The molecule has 6 fully saturated rings. The molecule has 0 spiro atoms. The van der Waals surface area contributed by atoms with Crippen molar-refractivity contribution in [1.29, 1.82) is 0 Å². The maximum atomic E-state index is 13.2. The van der Waals surface area contributed by atoms with Crippen LogP contribution in [0, 0.1) is 46.8 Å². The quantitative estimate of drug-likeness (QED) is 0.923. The summed E-state index contributed by atoms with van der Waals surface area (Å²) in [6, 6.07) is -0.0391. The second kappa shape index (κ2) is 3.35. The topological polar surface area (TPSA) is 29.9 Å². The Hall–Kier alpha value is -1.04. The monoisotopic (exact) mass is 323 g/mol. The van der Waals surface area contributed by atoms with E-state index in [-0.39, 0.29) is 17.5 Å². The van der Waals surface area contributed by atoms with Crippen LogP contribution in [0.4, 0.5) is 13.2 Å². The molecular weight excluding hydrogens is 303 g/mol. The van der Waals surface area contributed by atoms with E-state index in [2.05, 4.69) is 10.3 Å². The predicted octanol–water partition coefficient (Wildman–Crippen LogP) is 3.11. The highest BCUT2D eigenvalue weighted by Gasteiger charge is 3.05. The van der Waals surface area contributed by atoms with Gasteiger partial charge in [-0.2, -0.15) is 13.2 Å². The maximum Gasteiger partial charge on any atom is 0.434 e. The number of aromatic nitrogens is 2. The first kappa shape index (κ1) is 13.3. The molecule has 1 unspecified atom stereocenters. The van der Waals surface area contributed by atoms with E-state index in [4.69, 9.17) is 0 Å². The molecule has 1 N–H and O–H groups in total. The molecule has 1 atom stereocenters. The van der Waals surface area contributed by atoms with Crippen LogP contribution in [0.15, 0.2) is 6.20 Å². The van der Waals surface area contributed by atoms with E-state index >= 15 is 0 Å². The van der Waals surface area contributed by atoms with E-state index in [0.717, 1.165) is 41.4 Å². The molecule has 3 nitrogen and oxygen atoms in total. The smallest absolute Gasteiger partial charge is 0.330 e. The molecule has 0 saturated heterocycles. The Kier molecular flexibility index (Phi) is 1.93. The summed E-state index contributed by atoms with van der Waals surface area (Å²) in [7, 11) is 1.89. The number of halogens is 3. The van der Waals surface area contributed by atoms with Gasteiger partial charge in [0.25, 0.3) is 0 Å². The molecule has 1 aromatic rings. The lowest BCUT2D eigenvalue weighted by molar-refractivity contribution is -0.621. The third kappa shape index (κ3) is 0.996. The third-order valence-electron chi connectivity index (χ3n) is 8.21. The van der Waals surface area contributed by atoms with Crippen molar-refractivity contribution in [3.05, 3.63) is 17.7 Å². The normalized spacial score (nSPS) is 51.2. The van der Waals surface area contributed by atoms with Gasteiger partial charge in [-0.1, -0.05) is 0 Å². The molecule has 0 bridgehead atoms. The lowest BCUT2D eigenvalue weighted by Gasteiger charge is -3.08. The maximum absolute atomic E-state index is 13.2. The Labute approximate surface area is 132 Å². The number of rotatable bonds is 4. The van der Waals surface area contributed by atoms with Gasteiger partial charge in [0.2, 0.25) is 0 Å². The van der Waals surface area contributed by atoms with Crippen LogP contribution in [0.2, 0.25) is 0 Å². The minimum absolute atomic E-state index is 0.0169. The predicted molar refractivity (Wildman–Crippen MR) is 76.3 cm³/mol. The zero-order chi connectivity index (χ0) is 16.0. The molecular formula is C17H20F3N3. The second-order valence-electron chi connectivity index (χ2n) is 8.59. The van der Waals surface area contributed by atoms with Gasteiger partial charge in [-0.15, -0.1) is 0 Å². The van der Waals surface area contributed by atoms with Crippen LogP contribution in [0.3, 0.4) is 0 Å². The number of hydrogen-bond donors (Lipinski definition) is 1. The molecule has 0 radical (unpaired) electrons. The summed E-state index contributed by atoms with van der Waals surface area (Å²) < 4.78 is 41.2. The van der Waals surface area contributed by atoms with E-state index in [1.807, 2.05) is 20.9 Å². The number of imidazole rings is 1. The summed E-state index contributed by atoms with van der Waals surface area (Å²) in [5, 5.41) is 3.37. The van der Waals surface area contributed by atoms with Crippen molar-refractivity contribution in [3.8, 4) is 0 Å². The summed E-state index contributed by atoms with van der Waals surface area (Å²) >= 11 is 0. The van der Waals surface area contributed by atoms with Crippen molar-refractivity contribution in [2.24, 2.45) is 46.8 Å². The molecule has 6 aliphatic carbocycles. The van der Waals surface area contributed by atoms with E-state index in [9.17, 15) is 13.2 Å². The fraction of sp³-hybridized carbons (Fsp3) is 0.824. The van der Waals surface area contributed by atoms with Gasteiger partial charge in [-0.3, -0.25) is 0 Å². The summed E-state index contributed by atoms with van der Waals surface area (Å²) in [6.45, 7) is 3.86. The van der Waals surface area contributed by atoms with Crippen LogP contribution in [0.25, 0.3) is 0 Å². The Morgan fingerprint density at radius 1 is 1.13 bits per heavy atom. The highest BCUT2D eigenvalue weighted by molar-refractivity contribution is 5.52. The van der Waals surface area contributed by atoms with Crippen molar-refractivity contribution < 1.29 is 13.2 Å². The van der Waals surface area contributed by atoms with Crippen molar-refractivity contribution in [1.82, 2.24) is 14.9 Å². The molecule has 7 rings (SSSR count). The molecule has 23 heavy (non-hydrogen) atoms. The van der Waals surface area contributed by atoms with E-state index < -0.39 is 11.9 Å². The largest absolute Gasteiger partial charge is 0.434 e. The number of hydrogen-bond acceptors (Lipinski definition) is 2. The second-order valence-corrected chi connectivity index (χ2v) is 8.59. The summed E-state index contributed by atoms with van der Waals surface area (Å²) in [6.07, 6.45) is -3.18. The van der Waals surface area contributed by atoms with Crippen molar-refractivity contribution in [2.45, 2.75) is 32.1 Å². The Morgan fingerprint density at radius 2 is 1.70 bits per heavy atom. The van der Waals surface area contributed by atoms with Crippen LogP contribution in [0.1, 0.15) is 37.4 Å². The Morgan fingerprint density at radius 3 is 2.13 bits per heavy atom. The highest BCUT2D eigenvalue weighted by atomic mass is 19.4. The fourth-order valence-electron chi connectivity index (χ4n) is 7.87. The minimum atomic E-state index is -4.38. The highest BCUT2D eigenvalue weighted by Crippen LogP contribution is 3.07. The molecule has 1 aromatic heterocycles. The van der Waals surface area contributed by atoms with E-state index in [0.29, 0.717) is 5.82 Å². The Balaban J connectivity index is 1.43. The molecule has 0 aromatic carbocycles. The molecule has 6 heteroatoms. The fourth-order valence-corrected chi connectivity index (χ4v) is 7.87. The standard InChI is InChI=1S/C17H20F3N3/c1-5(2)23-4-6(17(18,19)20)22-15(23)14(21-3)16-11-8-7-9(11)13(16)10(7)12(8)16/h4-5,7-14,21H,1-3H3. The van der Waals surface area contributed by atoms with Gasteiger partial charge in [0.05, 0.1) is 6.04 Å². The van der Waals surface area contributed by atoms with Gasteiger partial charge in [0.1, 0.15) is 5.82 Å².